The van der Waals surface area contributed by atoms with Gasteiger partial charge >= 0.3 is 0 Å². The van der Waals surface area contributed by atoms with Gasteiger partial charge in [0.15, 0.2) is 5.43 Å². The van der Waals surface area contributed by atoms with Crippen LogP contribution < -0.4 is 15.9 Å². The zero-order valence-electron chi connectivity index (χ0n) is 19.2. The average Bonchev–Trinajstić information content (AvgIpc) is 2.84. The summed E-state index contributed by atoms with van der Waals surface area (Å²) in [6, 6.07) is 6.49. The molecule has 4 aromatic rings. The molecule has 2 N–H and O–H groups in total. The van der Waals surface area contributed by atoms with E-state index in [-0.39, 0.29) is 27.2 Å². The lowest BCUT2D eigenvalue weighted by molar-refractivity contribution is 0.334. The van der Waals surface area contributed by atoms with Crippen LogP contribution in [-0.4, -0.2) is 36.6 Å². The molecule has 0 aliphatic carbocycles. The first-order chi connectivity index (χ1) is 16.8. The van der Waals surface area contributed by atoms with Crippen LogP contribution in [-0.2, 0) is 10.8 Å². The average molecular weight is 509 g/mol. The van der Waals surface area contributed by atoms with E-state index in [2.05, 4.69) is 21.0 Å². The van der Waals surface area contributed by atoms with Gasteiger partial charge in [-0.25, -0.2) is 9.97 Å². The van der Waals surface area contributed by atoms with Gasteiger partial charge in [-0.1, -0.05) is 11.6 Å². The van der Waals surface area contributed by atoms with E-state index >= 15 is 0 Å². The number of fused-ring (bicyclic) bond motifs is 1. The Hall–Kier alpha value is -3.81. The van der Waals surface area contributed by atoms with E-state index in [1.165, 1.54) is 18.6 Å². The van der Waals surface area contributed by atoms with E-state index in [1.54, 1.807) is 35.3 Å². The van der Waals surface area contributed by atoms with Crippen LogP contribution in [0.25, 0.3) is 22.2 Å². The maximum atomic E-state index is 12.5. The predicted octanol–water partition coefficient (Wildman–Crippen LogP) is 3.71. The maximum Gasteiger partial charge on any atom is 0.194 e. The van der Waals surface area contributed by atoms with Crippen molar-refractivity contribution in [2.75, 3.05) is 18.6 Å². The summed E-state index contributed by atoms with van der Waals surface area (Å²) in [7, 11) is -1.28. The van der Waals surface area contributed by atoms with Crippen molar-refractivity contribution in [1.29, 1.82) is 5.26 Å². The molecule has 178 valence electrons. The molecule has 0 aliphatic heterocycles. The maximum absolute atomic E-state index is 12.5. The Morgan fingerprint density at radius 2 is 2.09 bits per heavy atom. The highest BCUT2D eigenvalue weighted by molar-refractivity contribution is 7.84. The lowest BCUT2D eigenvalue weighted by Gasteiger charge is -2.24. The van der Waals surface area contributed by atoms with E-state index in [0.717, 1.165) is 0 Å². The van der Waals surface area contributed by atoms with Crippen molar-refractivity contribution in [3.63, 3.8) is 0 Å². The molecule has 0 radical (unpaired) electrons. The van der Waals surface area contributed by atoms with Crippen LogP contribution in [0.1, 0.15) is 31.0 Å². The lowest BCUT2D eigenvalue weighted by Crippen LogP contribution is -2.17. The summed E-state index contributed by atoms with van der Waals surface area (Å²) in [5.41, 5.74) is 7.88. The fourth-order valence-corrected chi connectivity index (χ4v) is 4.70. The number of nitrogens with two attached hydrogens (primary N) is 1. The Labute approximate surface area is 208 Å². The number of hydrogen-bond donors (Lipinski definition) is 1. The van der Waals surface area contributed by atoms with Crippen LogP contribution in [0.4, 0.5) is 5.82 Å². The second-order valence-electron chi connectivity index (χ2n) is 7.66. The molecule has 35 heavy (non-hydrogen) atoms. The van der Waals surface area contributed by atoms with Crippen LogP contribution in [0, 0.1) is 11.3 Å². The molecule has 3 aromatic heterocycles. The third kappa shape index (κ3) is 4.36. The summed E-state index contributed by atoms with van der Waals surface area (Å²) in [6.45, 7) is 4.03. The summed E-state index contributed by atoms with van der Waals surface area (Å²) < 4.78 is 19.9. The number of rotatable bonds is 6. The Morgan fingerprint density at radius 1 is 1.31 bits per heavy atom. The minimum absolute atomic E-state index is 0.0839. The molecule has 0 bridgehead atoms. The lowest BCUT2D eigenvalue weighted by atomic mass is 9.94. The second kappa shape index (κ2) is 9.82. The van der Waals surface area contributed by atoms with Gasteiger partial charge in [0.25, 0.3) is 0 Å². The van der Waals surface area contributed by atoms with Gasteiger partial charge < -0.3 is 15.0 Å². The van der Waals surface area contributed by atoms with Crippen molar-refractivity contribution in [3.8, 4) is 22.9 Å². The molecule has 0 saturated heterocycles. The molecule has 0 amide bonds. The first-order valence-electron chi connectivity index (χ1n) is 10.6. The van der Waals surface area contributed by atoms with Crippen molar-refractivity contribution < 1.29 is 8.95 Å². The number of aromatic nitrogens is 4. The molecule has 0 spiro atoms. The normalized spacial score (nSPS) is 12.8. The number of nitriles is 1. The van der Waals surface area contributed by atoms with Crippen molar-refractivity contribution in [1.82, 2.24) is 19.5 Å². The van der Waals surface area contributed by atoms with E-state index < -0.39 is 16.8 Å². The molecule has 4 rings (SSSR count). The van der Waals surface area contributed by atoms with Crippen molar-refractivity contribution in [3.05, 3.63) is 69.5 Å². The predicted molar refractivity (Wildman–Crippen MR) is 135 cm³/mol. The standard InChI is InChI=1S/C24H21ClN6O3S/c1-4-34-22-16(13(2)31-6-5-19(32)21-23(27)29-12-30-24(21)31)8-18(25)17(9-26)20(22)14-7-15(35(3)33)11-28-10-14/h5-8,10-13H,4H2,1-3H3,(H2,27,29,30). The van der Waals surface area contributed by atoms with E-state index in [9.17, 15) is 14.3 Å². The zero-order valence-corrected chi connectivity index (χ0v) is 20.7. The van der Waals surface area contributed by atoms with Gasteiger partial charge in [0.2, 0.25) is 0 Å². The Kier molecular flexibility index (Phi) is 6.82. The van der Waals surface area contributed by atoms with Crippen molar-refractivity contribution in [2.24, 2.45) is 0 Å². The molecule has 11 heteroatoms. The van der Waals surface area contributed by atoms with Gasteiger partial charge in [0.05, 0.1) is 38.9 Å². The first kappa shape index (κ1) is 24.3. The molecule has 2 atom stereocenters. The molecular formula is C24H21ClN6O3S. The minimum Gasteiger partial charge on any atom is -0.493 e. The van der Waals surface area contributed by atoms with Gasteiger partial charge in [-0.05, 0) is 26.0 Å². The highest BCUT2D eigenvalue weighted by Gasteiger charge is 2.25. The zero-order chi connectivity index (χ0) is 25.3. The topological polar surface area (TPSA) is 137 Å². The fraction of sp³-hybridized carbons (Fsp3) is 0.208. The molecule has 0 saturated carbocycles. The van der Waals surface area contributed by atoms with E-state index in [0.29, 0.717) is 39.6 Å². The molecule has 1 aromatic carbocycles. The van der Waals surface area contributed by atoms with Crippen LogP contribution in [0.5, 0.6) is 5.75 Å². The largest absolute Gasteiger partial charge is 0.493 e. The summed E-state index contributed by atoms with van der Waals surface area (Å²) in [6.07, 6.45) is 7.55. The number of nitrogen functional groups attached to an aromatic ring is 1. The summed E-state index contributed by atoms with van der Waals surface area (Å²) in [5.74, 6) is 0.510. The quantitative estimate of drug-likeness (QED) is 0.416. The fourth-order valence-electron chi connectivity index (χ4n) is 3.95. The number of hydrogen-bond acceptors (Lipinski definition) is 8. The smallest absolute Gasteiger partial charge is 0.194 e. The first-order valence-corrected chi connectivity index (χ1v) is 12.5. The van der Waals surface area contributed by atoms with Crippen molar-refractivity contribution >= 4 is 39.3 Å². The van der Waals surface area contributed by atoms with Gasteiger partial charge in [-0.2, -0.15) is 5.26 Å². The number of ether oxygens (including phenoxy) is 1. The van der Waals surface area contributed by atoms with Crippen LogP contribution >= 0.6 is 11.6 Å². The molecular weight excluding hydrogens is 488 g/mol. The number of nitrogens with zero attached hydrogens (tertiary/aromatic N) is 5. The van der Waals surface area contributed by atoms with Gasteiger partial charge in [0, 0.05) is 47.6 Å². The number of benzene rings is 1. The molecule has 0 fully saturated rings. The van der Waals surface area contributed by atoms with Crippen LogP contribution in [0.2, 0.25) is 5.02 Å². The van der Waals surface area contributed by atoms with E-state index in [4.69, 9.17) is 22.1 Å². The number of pyridine rings is 2. The second-order valence-corrected chi connectivity index (χ2v) is 9.44. The summed E-state index contributed by atoms with van der Waals surface area (Å²) >= 11 is 6.60. The van der Waals surface area contributed by atoms with Crippen molar-refractivity contribution in [2.45, 2.75) is 24.8 Å². The Balaban J connectivity index is 2.04. The Bertz CT molecular complexity index is 1580. The third-order valence-electron chi connectivity index (χ3n) is 5.60. The molecule has 0 aliphatic rings. The Morgan fingerprint density at radius 3 is 2.77 bits per heavy atom. The van der Waals surface area contributed by atoms with Crippen LogP contribution in [0.15, 0.2) is 52.8 Å². The molecule has 9 nitrogen and oxygen atoms in total. The monoisotopic (exact) mass is 508 g/mol. The highest BCUT2D eigenvalue weighted by atomic mass is 35.5. The van der Waals surface area contributed by atoms with Gasteiger partial charge in [0.1, 0.15) is 35.0 Å². The van der Waals surface area contributed by atoms with E-state index in [1.807, 2.05) is 13.8 Å². The van der Waals surface area contributed by atoms with Crippen LogP contribution in [0.3, 0.4) is 0 Å². The van der Waals surface area contributed by atoms with Gasteiger partial charge in [-0.15, -0.1) is 0 Å². The van der Waals surface area contributed by atoms with Gasteiger partial charge in [-0.3, -0.25) is 14.0 Å². The summed E-state index contributed by atoms with van der Waals surface area (Å²) in [4.78, 5) is 25.4. The third-order valence-corrected chi connectivity index (χ3v) is 6.78. The highest BCUT2D eigenvalue weighted by Crippen LogP contribution is 2.43. The summed E-state index contributed by atoms with van der Waals surface area (Å²) in [5, 5.41) is 10.4. The number of halogens is 1. The molecule has 3 heterocycles. The SMILES string of the molecule is CCOc1c(C(C)n2ccc(=O)c3c(N)ncnc32)cc(Cl)c(C#N)c1-c1cncc(S(C)=O)c1. The number of anilines is 1. The molecule has 2 unspecified atom stereocenters. The minimum atomic E-state index is -1.28.